The SMILES string of the molecule is Cc1cn[nH]c1NC(=O)NC1CCOC1. The van der Waals surface area contributed by atoms with Gasteiger partial charge in [0.25, 0.3) is 0 Å². The van der Waals surface area contributed by atoms with Crippen molar-refractivity contribution in [3.8, 4) is 0 Å². The molecule has 1 fully saturated rings. The van der Waals surface area contributed by atoms with Crippen LogP contribution in [0.25, 0.3) is 0 Å². The third-order valence-electron chi connectivity index (χ3n) is 2.33. The Labute approximate surface area is 87.4 Å². The minimum absolute atomic E-state index is 0.119. The normalized spacial score (nSPS) is 20.2. The molecule has 2 rings (SSSR count). The summed E-state index contributed by atoms with van der Waals surface area (Å²) >= 11 is 0. The lowest BCUT2D eigenvalue weighted by molar-refractivity contribution is 0.189. The van der Waals surface area contributed by atoms with E-state index in [1.54, 1.807) is 6.20 Å². The number of carbonyl (C=O) groups excluding carboxylic acids is 1. The average molecular weight is 210 g/mol. The summed E-state index contributed by atoms with van der Waals surface area (Å²) in [7, 11) is 0. The van der Waals surface area contributed by atoms with Crippen LogP contribution in [-0.2, 0) is 4.74 Å². The smallest absolute Gasteiger partial charge is 0.320 e. The number of nitrogens with zero attached hydrogens (tertiary/aromatic N) is 1. The van der Waals surface area contributed by atoms with Crippen molar-refractivity contribution in [3.63, 3.8) is 0 Å². The van der Waals surface area contributed by atoms with Crippen LogP contribution >= 0.6 is 0 Å². The summed E-state index contributed by atoms with van der Waals surface area (Å²) in [6, 6.07) is -0.105. The van der Waals surface area contributed by atoms with E-state index in [1.807, 2.05) is 6.92 Å². The Morgan fingerprint density at radius 1 is 1.73 bits per heavy atom. The first-order valence-corrected chi connectivity index (χ1v) is 4.91. The van der Waals surface area contributed by atoms with Crippen molar-refractivity contribution in [2.45, 2.75) is 19.4 Å². The van der Waals surface area contributed by atoms with E-state index in [0.717, 1.165) is 12.0 Å². The molecule has 1 saturated heterocycles. The molecule has 15 heavy (non-hydrogen) atoms. The average Bonchev–Trinajstić information content (AvgIpc) is 2.79. The van der Waals surface area contributed by atoms with Gasteiger partial charge in [-0.25, -0.2) is 4.79 Å². The van der Waals surface area contributed by atoms with E-state index < -0.39 is 0 Å². The minimum atomic E-state index is -0.224. The van der Waals surface area contributed by atoms with Gasteiger partial charge in [-0.15, -0.1) is 0 Å². The summed E-state index contributed by atoms with van der Waals surface area (Å²) in [4.78, 5) is 11.5. The lowest BCUT2D eigenvalue weighted by Crippen LogP contribution is -2.38. The Morgan fingerprint density at radius 3 is 3.20 bits per heavy atom. The van der Waals surface area contributed by atoms with Crippen LogP contribution in [0.2, 0.25) is 0 Å². The van der Waals surface area contributed by atoms with Crippen LogP contribution in [0.3, 0.4) is 0 Å². The van der Waals surface area contributed by atoms with Crippen LogP contribution in [0.1, 0.15) is 12.0 Å². The Balaban J connectivity index is 1.84. The summed E-state index contributed by atoms with van der Waals surface area (Å²) in [5, 5.41) is 12.0. The summed E-state index contributed by atoms with van der Waals surface area (Å²) in [6.45, 7) is 3.18. The summed E-state index contributed by atoms with van der Waals surface area (Å²) in [5.41, 5.74) is 0.910. The summed E-state index contributed by atoms with van der Waals surface area (Å²) < 4.78 is 5.15. The molecule has 0 aliphatic carbocycles. The van der Waals surface area contributed by atoms with E-state index in [2.05, 4.69) is 20.8 Å². The molecule has 2 heterocycles. The maximum absolute atomic E-state index is 11.5. The van der Waals surface area contributed by atoms with Gasteiger partial charge in [0.15, 0.2) is 0 Å². The number of H-pyrrole nitrogens is 1. The first-order valence-electron chi connectivity index (χ1n) is 4.91. The molecule has 1 aliphatic heterocycles. The first kappa shape index (κ1) is 9.97. The molecule has 1 aromatic heterocycles. The van der Waals surface area contributed by atoms with Crippen LogP contribution in [0.5, 0.6) is 0 Å². The highest BCUT2D eigenvalue weighted by Crippen LogP contribution is 2.08. The molecule has 0 aromatic carbocycles. The van der Waals surface area contributed by atoms with Gasteiger partial charge in [0.2, 0.25) is 0 Å². The lowest BCUT2D eigenvalue weighted by Gasteiger charge is -2.11. The molecule has 1 aliphatic rings. The van der Waals surface area contributed by atoms with Gasteiger partial charge in [-0.05, 0) is 13.3 Å². The number of amides is 2. The highest BCUT2D eigenvalue weighted by molar-refractivity contribution is 5.89. The van der Waals surface area contributed by atoms with Crippen LogP contribution in [-0.4, -0.2) is 35.5 Å². The van der Waals surface area contributed by atoms with Crippen molar-refractivity contribution in [2.75, 3.05) is 18.5 Å². The molecule has 1 aromatic rings. The van der Waals surface area contributed by atoms with Gasteiger partial charge in [0.05, 0.1) is 18.8 Å². The van der Waals surface area contributed by atoms with E-state index in [4.69, 9.17) is 4.74 Å². The predicted molar refractivity (Wildman–Crippen MR) is 54.7 cm³/mol. The fourth-order valence-corrected chi connectivity index (χ4v) is 1.46. The summed E-state index contributed by atoms with van der Waals surface area (Å²) in [6.07, 6.45) is 2.53. The Kier molecular flexibility index (Phi) is 2.86. The molecule has 1 unspecified atom stereocenters. The molecular formula is C9H14N4O2. The van der Waals surface area contributed by atoms with Crippen molar-refractivity contribution >= 4 is 11.8 Å². The maximum atomic E-state index is 11.5. The fraction of sp³-hybridized carbons (Fsp3) is 0.556. The van der Waals surface area contributed by atoms with Crippen LogP contribution in [0.4, 0.5) is 10.6 Å². The van der Waals surface area contributed by atoms with Crippen molar-refractivity contribution in [1.29, 1.82) is 0 Å². The maximum Gasteiger partial charge on any atom is 0.320 e. The molecule has 3 N–H and O–H groups in total. The van der Waals surface area contributed by atoms with E-state index in [1.165, 1.54) is 0 Å². The molecule has 0 bridgehead atoms. The Hall–Kier alpha value is -1.56. The molecule has 0 saturated carbocycles. The second-order valence-electron chi connectivity index (χ2n) is 3.59. The van der Waals surface area contributed by atoms with Gasteiger partial charge < -0.3 is 10.1 Å². The van der Waals surface area contributed by atoms with Crippen LogP contribution in [0, 0.1) is 6.92 Å². The highest BCUT2D eigenvalue weighted by Gasteiger charge is 2.18. The van der Waals surface area contributed by atoms with Crippen molar-refractivity contribution in [3.05, 3.63) is 11.8 Å². The molecule has 2 amide bonds. The molecule has 6 heteroatoms. The van der Waals surface area contributed by atoms with E-state index in [-0.39, 0.29) is 12.1 Å². The largest absolute Gasteiger partial charge is 0.379 e. The molecule has 6 nitrogen and oxygen atoms in total. The van der Waals surface area contributed by atoms with Gasteiger partial charge in [-0.2, -0.15) is 5.10 Å². The number of rotatable bonds is 2. The molecule has 0 spiro atoms. The number of hydrogen-bond acceptors (Lipinski definition) is 3. The van der Waals surface area contributed by atoms with Crippen molar-refractivity contribution in [2.24, 2.45) is 0 Å². The van der Waals surface area contributed by atoms with Crippen molar-refractivity contribution in [1.82, 2.24) is 15.5 Å². The van der Waals surface area contributed by atoms with Gasteiger partial charge in [-0.3, -0.25) is 10.4 Å². The zero-order valence-corrected chi connectivity index (χ0v) is 8.54. The number of hydrogen-bond donors (Lipinski definition) is 3. The zero-order chi connectivity index (χ0) is 10.7. The number of carbonyl (C=O) groups is 1. The zero-order valence-electron chi connectivity index (χ0n) is 8.54. The van der Waals surface area contributed by atoms with Crippen LogP contribution < -0.4 is 10.6 Å². The van der Waals surface area contributed by atoms with Gasteiger partial charge in [0.1, 0.15) is 5.82 Å². The number of aryl methyl sites for hydroxylation is 1. The first-order chi connectivity index (χ1) is 7.25. The number of urea groups is 1. The highest BCUT2D eigenvalue weighted by atomic mass is 16.5. The third kappa shape index (κ3) is 2.47. The molecule has 0 radical (unpaired) electrons. The van der Waals surface area contributed by atoms with E-state index in [9.17, 15) is 4.79 Å². The third-order valence-corrected chi connectivity index (χ3v) is 2.33. The topological polar surface area (TPSA) is 79.0 Å². The number of aromatic nitrogens is 2. The van der Waals surface area contributed by atoms with E-state index >= 15 is 0 Å². The van der Waals surface area contributed by atoms with Gasteiger partial charge in [-0.1, -0.05) is 0 Å². The van der Waals surface area contributed by atoms with Gasteiger partial charge >= 0.3 is 6.03 Å². The minimum Gasteiger partial charge on any atom is -0.379 e. The van der Waals surface area contributed by atoms with Crippen molar-refractivity contribution < 1.29 is 9.53 Å². The molecule has 82 valence electrons. The number of aromatic amines is 1. The second-order valence-corrected chi connectivity index (χ2v) is 3.59. The molecular weight excluding hydrogens is 196 g/mol. The van der Waals surface area contributed by atoms with Crippen LogP contribution in [0.15, 0.2) is 6.20 Å². The number of nitrogens with one attached hydrogen (secondary N) is 3. The standard InChI is InChI=1S/C9H14N4O2/c1-6-4-10-13-8(6)12-9(14)11-7-2-3-15-5-7/h4,7H,2-3,5H2,1H3,(H3,10,11,12,13,14). The quantitative estimate of drug-likeness (QED) is 0.669. The Morgan fingerprint density at radius 2 is 2.60 bits per heavy atom. The van der Waals surface area contributed by atoms with Gasteiger partial charge in [0, 0.05) is 12.2 Å². The fourth-order valence-electron chi connectivity index (χ4n) is 1.46. The number of anilines is 1. The summed E-state index contributed by atoms with van der Waals surface area (Å²) in [5.74, 6) is 0.631. The Bertz CT molecular complexity index is 344. The van der Waals surface area contributed by atoms with E-state index in [0.29, 0.717) is 19.0 Å². The predicted octanol–water partition coefficient (Wildman–Crippen LogP) is 0.629. The lowest BCUT2D eigenvalue weighted by atomic mass is 10.3. The number of ether oxygens (including phenoxy) is 1. The molecule has 1 atom stereocenters. The second kappa shape index (κ2) is 4.31. The monoisotopic (exact) mass is 210 g/mol.